The molecule has 3 aromatic carbocycles. The Labute approximate surface area is 181 Å². The number of amides is 2. The standard InChI is InChI=1S/C24H24ClN3O2/c1-17-10-12-19(25)14-22(17)28-24(30)16-26-20-8-5-9-21(15-20)27-23(29)13-11-18-6-3-2-4-7-18/h2-10,12,14-15,26H,11,13,16H2,1H3,(H,27,29)(H,28,30). The maximum absolute atomic E-state index is 12.2. The minimum absolute atomic E-state index is 0.0508. The molecule has 0 unspecified atom stereocenters. The van der Waals surface area contributed by atoms with E-state index in [1.54, 1.807) is 18.2 Å². The number of anilines is 3. The lowest BCUT2D eigenvalue weighted by molar-refractivity contribution is -0.116. The summed E-state index contributed by atoms with van der Waals surface area (Å²) in [5.41, 5.74) is 4.18. The Morgan fingerprint density at radius 3 is 2.40 bits per heavy atom. The Morgan fingerprint density at radius 1 is 0.833 bits per heavy atom. The van der Waals surface area contributed by atoms with Crippen LogP contribution in [-0.2, 0) is 16.0 Å². The van der Waals surface area contributed by atoms with Crippen molar-refractivity contribution >= 4 is 40.5 Å². The van der Waals surface area contributed by atoms with Crippen molar-refractivity contribution in [3.05, 3.63) is 88.9 Å². The van der Waals surface area contributed by atoms with Crippen LogP contribution in [-0.4, -0.2) is 18.4 Å². The molecular formula is C24H24ClN3O2. The molecule has 0 aliphatic heterocycles. The average Bonchev–Trinajstić information content (AvgIpc) is 2.74. The second kappa shape index (κ2) is 10.5. The second-order valence-electron chi connectivity index (χ2n) is 6.98. The van der Waals surface area contributed by atoms with Crippen molar-refractivity contribution in [2.24, 2.45) is 0 Å². The molecule has 0 fully saturated rings. The fourth-order valence-electron chi connectivity index (χ4n) is 2.94. The molecule has 0 radical (unpaired) electrons. The zero-order valence-corrected chi connectivity index (χ0v) is 17.5. The Bertz CT molecular complexity index is 1020. The number of benzene rings is 3. The van der Waals surface area contributed by atoms with Gasteiger partial charge in [0.15, 0.2) is 0 Å². The largest absolute Gasteiger partial charge is 0.376 e. The van der Waals surface area contributed by atoms with Crippen LogP contribution in [0.2, 0.25) is 5.02 Å². The van der Waals surface area contributed by atoms with Crippen molar-refractivity contribution in [3.8, 4) is 0 Å². The van der Waals surface area contributed by atoms with Crippen molar-refractivity contribution in [1.29, 1.82) is 0 Å². The molecule has 0 bridgehead atoms. The number of rotatable bonds is 8. The Kier molecular flexibility index (Phi) is 7.46. The van der Waals surface area contributed by atoms with Gasteiger partial charge < -0.3 is 16.0 Å². The van der Waals surface area contributed by atoms with Crippen molar-refractivity contribution in [1.82, 2.24) is 0 Å². The zero-order valence-electron chi connectivity index (χ0n) is 16.7. The molecule has 0 saturated carbocycles. The predicted octanol–water partition coefficient (Wildman–Crippen LogP) is 5.27. The Hall–Kier alpha value is -3.31. The van der Waals surface area contributed by atoms with E-state index in [-0.39, 0.29) is 18.4 Å². The van der Waals surface area contributed by atoms with Crippen molar-refractivity contribution < 1.29 is 9.59 Å². The minimum atomic E-state index is -0.183. The van der Waals surface area contributed by atoms with Gasteiger partial charge in [0, 0.05) is 28.5 Å². The normalized spacial score (nSPS) is 10.3. The van der Waals surface area contributed by atoms with E-state index in [1.165, 1.54) is 0 Å². The lowest BCUT2D eigenvalue weighted by Gasteiger charge is -2.11. The number of aryl methyl sites for hydroxylation is 2. The highest BCUT2D eigenvalue weighted by Crippen LogP contribution is 2.20. The topological polar surface area (TPSA) is 70.2 Å². The molecule has 0 heterocycles. The summed E-state index contributed by atoms with van der Waals surface area (Å²) in [6, 6.07) is 22.6. The number of hydrogen-bond acceptors (Lipinski definition) is 3. The molecule has 0 aliphatic carbocycles. The van der Waals surface area contributed by atoms with Gasteiger partial charge in [-0.2, -0.15) is 0 Å². The molecule has 0 spiro atoms. The summed E-state index contributed by atoms with van der Waals surface area (Å²) < 4.78 is 0. The van der Waals surface area contributed by atoms with Crippen molar-refractivity contribution in [3.63, 3.8) is 0 Å². The van der Waals surface area contributed by atoms with Gasteiger partial charge >= 0.3 is 0 Å². The fraction of sp³-hybridized carbons (Fsp3) is 0.167. The molecule has 0 aliphatic rings. The highest BCUT2D eigenvalue weighted by Gasteiger charge is 2.07. The first kappa shape index (κ1) is 21.4. The summed E-state index contributed by atoms with van der Waals surface area (Å²) in [6.07, 6.45) is 1.09. The lowest BCUT2D eigenvalue weighted by Crippen LogP contribution is -2.22. The van der Waals surface area contributed by atoms with Gasteiger partial charge in [-0.1, -0.05) is 54.1 Å². The summed E-state index contributed by atoms with van der Waals surface area (Å²) in [4.78, 5) is 24.5. The third kappa shape index (κ3) is 6.64. The van der Waals surface area contributed by atoms with Gasteiger partial charge in [0.1, 0.15) is 0 Å². The third-order valence-corrected chi connectivity index (χ3v) is 4.79. The van der Waals surface area contributed by atoms with Gasteiger partial charge in [-0.25, -0.2) is 0 Å². The van der Waals surface area contributed by atoms with Gasteiger partial charge in [0.2, 0.25) is 11.8 Å². The molecule has 3 rings (SSSR count). The summed E-state index contributed by atoms with van der Waals surface area (Å²) >= 11 is 5.99. The Morgan fingerprint density at radius 2 is 1.60 bits per heavy atom. The van der Waals surface area contributed by atoms with E-state index in [2.05, 4.69) is 16.0 Å². The van der Waals surface area contributed by atoms with Crippen LogP contribution >= 0.6 is 11.6 Å². The summed E-state index contributed by atoms with van der Waals surface area (Å²) in [6.45, 7) is 2.00. The summed E-state index contributed by atoms with van der Waals surface area (Å²) in [7, 11) is 0. The van der Waals surface area contributed by atoms with Gasteiger partial charge in [-0.05, 0) is 54.8 Å². The summed E-state index contributed by atoms with van der Waals surface area (Å²) in [5.74, 6) is -0.233. The molecule has 3 aromatic rings. The maximum Gasteiger partial charge on any atom is 0.243 e. The quantitative estimate of drug-likeness (QED) is 0.464. The maximum atomic E-state index is 12.2. The van der Waals surface area contributed by atoms with E-state index in [1.807, 2.05) is 61.5 Å². The van der Waals surface area contributed by atoms with Crippen LogP contribution in [0, 0.1) is 6.92 Å². The number of halogens is 1. The molecule has 3 N–H and O–H groups in total. The number of carbonyl (C=O) groups excluding carboxylic acids is 2. The summed E-state index contributed by atoms with van der Waals surface area (Å²) in [5, 5.41) is 9.39. The van der Waals surface area contributed by atoms with E-state index in [4.69, 9.17) is 11.6 Å². The monoisotopic (exact) mass is 421 g/mol. The molecule has 5 nitrogen and oxygen atoms in total. The van der Waals surface area contributed by atoms with E-state index in [0.29, 0.717) is 29.2 Å². The van der Waals surface area contributed by atoms with Crippen LogP contribution in [0.15, 0.2) is 72.8 Å². The van der Waals surface area contributed by atoms with Crippen LogP contribution in [0.4, 0.5) is 17.1 Å². The fourth-order valence-corrected chi connectivity index (χ4v) is 3.11. The highest BCUT2D eigenvalue weighted by atomic mass is 35.5. The van der Waals surface area contributed by atoms with E-state index >= 15 is 0 Å². The first-order valence-corrected chi connectivity index (χ1v) is 10.1. The SMILES string of the molecule is Cc1ccc(Cl)cc1NC(=O)CNc1cccc(NC(=O)CCc2ccccc2)c1. The first-order valence-electron chi connectivity index (χ1n) is 9.73. The van der Waals surface area contributed by atoms with E-state index in [9.17, 15) is 9.59 Å². The van der Waals surface area contributed by atoms with E-state index in [0.717, 1.165) is 16.8 Å². The molecule has 154 valence electrons. The van der Waals surface area contributed by atoms with Crippen LogP contribution in [0.5, 0.6) is 0 Å². The molecule has 0 saturated heterocycles. The lowest BCUT2D eigenvalue weighted by atomic mass is 10.1. The van der Waals surface area contributed by atoms with Crippen LogP contribution < -0.4 is 16.0 Å². The number of carbonyl (C=O) groups is 2. The first-order chi connectivity index (χ1) is 14.5. The van der Waals surface area contributed by atoms with Gasteiger partial charge in [-0.15, -0.1) is 0 Å². The van der Waals surface area contributed by atoms with Gasteiger partial charge in [-0.3, -0.25) is 9.59 Å². The second-order valence-corrected chi connectivity index (χ2v) is 7.41. The highest BCUT2D eigenvalue weighted by molar-refractivity contribution is 6.31. The molecule has 30 heavy (non-hydrogen) atoms. The molecule has 2 amide bonds. The van der Waals surface area contributed by atoms with Crippen LogP contribution in [0.25, 0.3) is 0 Å². The van der Waals surface area contributed by atoms with Crippen LogP contribution in [0.1, 0.15) is 17.5 Å². The van der Waals surface area contributed by atoms with E-state index < -0.39 is 0 Å². The molecule has 6 heteroatoms. The molecular weight excluding hydrogens is 398 g/mol. The van der Waals surface area contributed by atoms with Gasteiger partial charge in [0.05, 0.1) is 6.54 Å². The van der Waals surface area contributed by atoms with Crippen molar-refractivity contribution in [2.75, 3.05) is 22.5 Å². The molecule has 0 atom stereocenters. The van der Waals surface area contributed by atoms with Crippen molar-refractivity contribution in [2.45, 2.75) is 19.8 Å². The number of nitrogens with one attached hydrogen (secondary N) is 3. The van der Waals surface area contributed by atoms with Gasteiger partial charge in [0.25, 0.3) is 0 Å². The smallest absolute Gasteiger partial charge is 0.243 e. The van der Waals surface area contributed by atoms with Crippen LogP contribution in [0.3, 0.4) is 0 Å². The number of hydrogen-bond donors (Lipinski definition) is 3. The molecule has 0 aromatic heterocycles. The minimum Gasteiger partial charge on any atom is -0.376 e. The predicted molar refractivity (Wildman–Crippen MR) is 123 cm³/mol. The zero-order chi connectivity index (χ0) is 21.3. The third-order valence-electron chi connectivity index (χ3n) is 4.56. The average molecular weight is 422 g/mol. The Balaban J connectivity index is 1.49.